The lowest BCUT2D eigenvalue weighted by atomic mass is 9.92. The van der Waals surface area contributed by atoms with Gasteiger partial charge in [0.15, 0.2) is 5.82 Å². The maximum atomic E-state index is 11.3. The summed E-state index contributed by atoms with van der Waals surface area (Å²) in [6.45, 7) is 3.04. The molecule has 1 saturated carbocycles. The molecule has 25 heavy (non-hydrogen) atoms. The number of anilines is 1. The van der Waals surface area contributed by atoms with Gasteiger partial charge in [0.2, 0.25) is 0 Å². The second-order valence-electron chi connectivity index (χ2n) is 6.85. The summed E-state index contributed by atoms with van der Waals surface area (Å²) in [4.78, 5) is 8.97. The van der Waals surface area contributed by atoms with Gasteiger partial charge < -0.3 is 20.1 Å². The number of fused-ring (bicyclic) bond motifs is 3. The summed E-state index contributed by atoms with van der Waals surface area (Å²) in [5.74, 6) is 0.418. The fourth-order valence-corrected chi connectivity index (χ4v) is 4.05. The van der Waals surface area contributed by atoms with Gasteiger partial charge in [-0.25, -0.2) is 9.97 Å². The zero-order valence-electron chi connectivity index (χ0n) is 14.5. The monoisotopic (exact) mass is 340 g/mol. The first-order chi connectivity index (χ1) is 12.1. The number of para-hydroxylation sites is 1. The van der Waals surface area contributed by atoms with E-state index in [4.69, 9.17) is 10.5 Å². The zero-order chi connectivity index (χ0) is 17.4. The standard InChI is InChI=1S/C19H24N4O2/c1-2-25-11-15(19(24)9-5-6-10-19)23-12-21-16-17(23)13-7-3-4-8-14(13)22-18(16)20/h3-4,7-8,12,15,24H,2,5-6,9-11H2,1H3,(H2,20,22). The lowest BCUT2D eigenvalue weighted by molar-refractivity contribution is -0.0399. The van der Waals surface area contributed by atoms with Crippen LogP contribution in [0.5, 0.6) is 0 Å². The molecule has 3 aromatic rings. The van der Waals surface area contributed by atoms with Gasteiger partial charge >= 0.3 is 0 Å². The van der Waals surface area contributed by atoms with E-state index in [0.717, 1.165) is 42.1 Å². The molecule has 1 fully saturated rings. The van der Waals surface area contributed by atoms with Crippen molar-refractivity contribution in [1.82, 2.24) is 14.5 Å². The number of benzene rings is 1. The molecule has 0 bridgehead atoms. The Morgan fingerprint density at radius 3 is 2.84 bits per heavy atom. The van der Waals surface area contributed by atoms with Crippen molar-refractivity contribution in [1.29, 1.82) is 0 Å². The number of hydrogen-bond donors (Lipinski definition) is 2. The van der Waals surface area contributed by atoms with E-state index in [2.05, 4.69) is 14.5 Å². The predicted molar refractivity (Wildman–Crippen MR) is 98.4 cm³/mol. The lowest BCUT2D eigenvalue weighted by Crippen LogP contribution is -2.39. The van der Waals surface area contributed by atoms with Crippen LogP contribution in [-0.2, 0) is 4.74 Å². The molecule has 0 radical (unpaired) electrons. The molecule has 1 unspecified atom stereocenters. The first-order valence-electron chi connectivity index (χ1n) is 8.95. The summed E-state index contributed by atoms with van der Waals surface area (Å²) in [7, 11) is 0. The molecule has 6 heteroatoms. The molecular weight excluding hydrogens is 316 g/mol. The molecule has 2 heterocycles. The van der Waals surface area contributed by atoms with Crippen molar-refractivity contribution in [3.05, 3.63) is 30.6 Å². The van der Waals surface area contributed by atoms with Crippen molar-refractivity contribution < 1.29 is 9.84 Å². The van der Waals surface area contributed by atoms with Crippen LogP contribution in [-0.4, -0.2) is 38.5 Å². The fraction of sp³-hybridized carbons (Fsp3) is 0.474. The summed E-state index contributed by atoms with van der Waals surface area (Å²) in [5, 5.41) is 12.3. The number of nitrogen functional groups attached to an aromatic ring is 1. The molecule has 4 rings (SSSR count). The number of nitrogens with two attached hydrogens (primary N) is 1. The summed E-state index contributed by atoms with van der Waals surface area (Å²) in [6, 6.07) is 7.72. The highest BCUT2D eigenvalue weighted by atomic mass is 16.5. The van der Waals surface area contributed by atoms with Gasteiger partial charge in [0.25, 0.3) is 0 Å². The SMILES string of the molecule is CCOCC(n1cnc2c(N)nc3ccccc3c21)C1(O)CCCC1. The number of ether oxygens (including phenoxy) is 1. The highest BCUT2D eigenvalue weighted by Crippen LogP contribution is 2.41. The van der Waals surface area contributed by atoms with Gasteiger partial charge in [0.1, 0.15) is 5.52 Å². The molecule has 0 amide bonds. The minimum absolute atomic E-state index is 0.190. The van der Waals surface area contributed by atoms with E-state index in [1.807, 2.05) is 31.2 Å². The van der Waals surface area contributed by atoms with Gasteiger partial charge in [-0.15, -0.1) is 0 Å². The van der Waals surface area contributed by atoms with Gasteiger partial charge in [-0.2, -0.15) is 0 Å². The number of nitrogens with zero attached hydrogens (tertiary/aromatic N) is 3. The van der Waals surface area contributed by atoms with E-state index in [1.165, 1.54) is 0 Å². The molecule has 0 saturated heterocycles. The zero-order valence-corrected chi connectivity index (χ0v) is 14.5. The highest BCUT2D eigenvalue weighted by molar-refractivity contribution is 6.06. The summed E-state index contributed by atoms with van der Waals surface area (Å²) in [5.41, 5.74) is 7.81. The smallest absolute Gasteiger partial charge is 0.152 e. The maximum absolute atomic E-state index is 11.3. The summed E-state index contributed by atoms with van der Waals surface area (Å²) < 4.78 is 7.79. The molecule has 1 atom stereocenters. The Labute approximate surface area is 146 Å². The average molecular weight is 340 g/mol. The van der Waals surface area contributed by atoms with E-state index in [9.17, 15) is 5.11 Å². The van der Waals surface area contributed by atoms with E-state index in [0.29, 0.717) is 24.5 Å². The number of aliphatic hydroxyl groups is 1. The van der Waals surface area contributed by atoms with Crippen molar-refractivity contribution in [2.45, 2.75) is 44.2 Å². The van der Waals surface area contributed by atoms with Crippen molar-refractivity contribution in [2.75, 3.05) is 18.9 Å². The van der Waals surface area contributed by atoms with Crippen molar-refractivity contribution in [3.63, 3.8) is 0 Å². The van der Waals surface area contributed by atoms with Crippen LogP contribution in [0.2, 0.25) is 0 Å². The first-order valence-corrected chi connectivity index (χ1v) is 8.95. The molecule has 1 aromatic carbocycles. The predicted octanol–water partition coefficient (Wildman–Crippen LogP) is 3.05. The minimum Gasteiger partial charge on any atom is -0.388 e. The maximum Gasteiger partial charge on any atom is 0.152 e. The minimum atomic E-state index is -0.776. The number of pyridine rings is 1. The van der Waals surface area contributed by atoms with Crippen LogP contribution in [0, 0.1) is 0 Å². The third kappa shape index (κ3) is 2.65. The molecule has 6 nitrogen and oxygen atoms in total. The normalized spacial score (nSPS) is 18.2. The Balaban J connectivity index is 1.94. The van der Waals surface area contributed by atoms with Crippen LogP contribution >= 0.6 is 0 Å². The highest BCUT2D eigenvalue weighted by Gasteiger charge is 2.41. The van der Waals surface area contributed by atoms with Gasteiger partial charge in [0.05, 0.1) is 35.6 Å². The molecule has 1 aliphatic rings. The van der Waals surface area contributed by atoms with Crippen LogP contribution < -0.4 is 5.73 Å². The van der Waals surface area contributed by atoms with Crippen LogP contribution in [0.3, 0.4) is 0 Å². The summed E-state index contributed by atoms with van der Waals surface area (Å²) in [6.07, 6.45) is 5.41. The third-order valence-corrected chi connectivity index (χ3v) is 5.34. The van der Waals surface area contributed by atoms with Gasteiger partial charge in [-0.3, -0.25) is 0 Å². The lowest BCUT2D eigenvalue weighted by Gasteiger charge is -2.34. The van der Waals surface area contributed by atoms with Crippen LogP contribution in [0.4, 0.5) is 5.82 Å². The molecule has 0 spiro atoms. The van der Waals surface area contributed by atoms with E-state index in [-0.39, 0.29) is 6.04 Å². The summed E-state index contributed by atoms with van der Waals surface area (Å²) >= 11 is 0. The van der Waals surface area contributed by atoms with Crippen molar-refractivity contribution >= 4 is 27.8 Å². The van der Waals surface area contributed by atoms with Crippen molar-refractivity contribution in [3.8, 4) is 0 Å². The van der Waals surface area contributed by atoms with Crippen LogP contribution in [0.15, 0.2) is 30.6 Å². The topological polar surface area (TPSA) is 86.2 Å². The van der Waals surface area contributed by atoms with Crippen molar-refractivity contribution in [2.24, 2.45) is 0 Å². The van der Waals surface area contributed by atoms with Crippen LogP contribution in [0.1, 0.15) is 38.6 Å². The molecule has 1 aliphatic carbocycles. The second-order valence-corrected chi connectivity index (χ2v) is 6.85. The molecule has 2 aromatic heterocycles. The number of hydrogen-bond acceptors (Lipinski definition) is 5. The molecule has 3 N–H and O–H groups in total. The van der Waals surface area contributed by atoms with Crippen LogP contribution in [0.25, 0.3) is 21.9 Å². The molecular formula is C19H24N4O2. The fourth-order valence-electron chi connectivity index (χ4n) is 4.05. The Bertz CT molecular complexity index is 899. The first kappa shape index (κ1) is 16.3. The Morgan fingerprint density at radius 2 is 2.08 bits per heavy atom. The van der Waals surface area contributed by atoms with Gasteiger partial charge in [-0.1, -0.05) is 31.0 Å². The van der Waals surface area contributed by atoms with E-state index in [1.54, 1.807) is 6.33 Å². The number of rotatable bonds is 5. The van der Waals surface area contributed by atoms with E-state index >= 15 is 0 Å². The Hall–Kier alpha value is -2.18. The van der Waals surface area contributed by atoms with Gasteiger partial charge in [-0.05, 0) is 25.8 Å². The number of aromatic nitrogens is 3. The Kier molecular flexibility index (Phi) is 4.09. The Morgan fingerprint density at radius 1 is 1.32 bits per heavy atom. The van der Waals surface area contributed by atoms with Gasteiger partial charge in [0, 0.05) is 12.0 Å². The average Bonchev–Trinajstić information content (AvgIpc) is 3.24. The molecule has 0 aliphatic heterocycles. The second kappa shape index (κ2) is 6.28. The quantitative estimate of drug-likeness (QED) is 0.745. The van der Waals surface area contributed by atoms with E-state index < -0.39 is 5.60 Å². The molecule has 132 valence electrons. The number of imidazole rings is 1. The largest absolute Gasteiger partial charge is 0.388 e. The third-order valence-electron chi connectivity index (χ3n) is 5.34.